The van der Waals surface area contributed by atoms with Gasteiger partial charge in [-0.05, 0) is 44.2 Å². The summed E-state index contributed by atoms with van der Waals surface area (Å²) >= 11 is 1.38. The fourth-order valence-electron chi connectivity index (χ4n) is 3.58. The Morgan fingerprint density at radius 1 is 1.17 bits per heavy atom. The minimum atomic E-state index is -0.463. The number of hydrogen-bond donors (Lipinski definition) is 1. The highest BCUT2D eigenvalue weighted by molar-refractivity contribution is 7.17. The number of esters is 1. The van der Waals surface area contributed by atoms with Crippen molar-refractivity contribution in [3.8, 4) is 11.5 Å². The number of hydrogen-bond acceptors (Lipinski definition) is 7. The summed E-state index contributed by atoms with van der Waals surface area (Å²) in [6.45, 7) is 7.31. The van der Waals surface area contributed by atoms with Crippen molar-refractivity contribution in [1.29, 1.82) is 0 Å². The zero-order valence-electron chi connectivity index (χ0n) is 17.4. The summed E-state index contributed by atoms with van der Waals surface area (Å²) in [5.74, 6) is 0.745. The molecule has 0 saturated heterocycles. The highest BCUT2D eigenvalue weighted by Gasteiger charge is 2.42. The van der Waals surface area contributed by atoms with Crippen LogP contribution in [0.4, 0.5) is 5.13 Å². The number of ether oxygens (including phenoxy) is 3. The lowest BCUT2D eigenvalue weighted by molar-refractivity contribution is -0.694. The summed E-state index contributed by atoms with van der Waals surface area (Å²) in [6.07, 6.45) is 0. The van der Waals surface area contributed by atoms with Gasteiger partial charge in [-0.3, -0.25) is 4.79 Å². The van der Waals surface area contributed by atoms with Crippen LogP contribution in [0, 0.1) is 6.92 Å². The van der Waals surface area contributed by atoms with Crippen molar-refractivity contribution >= 4 is 28.2 Å². The number of benzene rings is 1. The SMILES string of the molecule is CCOC(=O)C1=C(C)Nc2sc(C(C)=O)c(C)[n+]2[C@@H]1c1ccc(OC)c(OC)c1. The molecule has 1 N–H and O–H groups in total. The highest BCUT2D eigenvalue weighted by atomic mass is 32.1. The third kappa shape index (κ3) is 3.60. The molecule has 3 rings (SSSR count). The van der Waals surface area contributed by atoms with Crippen LogP contribution < -0.4 is 19.4 Å². The summed E-state index contributed by atoms with van der Waals surface area (Å²) in [4.78, 5) is 25.7. The molecule has 2 aromatic rings. The standard InChI is InChI=1S/C21H24N2O5S/c1-7-28-20(25)17-11(2)22-21-23(12(3)19(29-21)13(4)24)18(17)14-8-9-15(26-5)16(10-14)27-6/h8-10,18H,7H2,1-6H3/p+1/t18-/m1/s1. The summed E-state index contributed by atoms with van der Waals surface area (Å²) in [5.41, 5.74) is 2.81. The number of anilines is 1. The van der Waals surface area contributed by atoms with E-state index in [1.54, 1.807) is 28.1 Å². The van der Waals surface area contributed by atoms with Crippen molar-refractivity contribution in [2.24, 2.45) is 0 Å². The maximum absolute atomic E-state index is 12.9. The number of methoxy groups -OCH3 is 2. The van der Waals surface area contributed by atoms with Crippen LogP contribution in [0.25, 0.3) is 0 Å². The van der Waals surface area contributed by atoms with Gasteiger partial charge in [-0.25, -0.2) is 14.7 Å². The lowest BCUT2D eigenvalue weighted by atomic mass is 9.94. The molecule has 0 fully saturated rings. The fourth-order valence-corrected chi connectivity index (χ4v) is 4.71. The van der Waals surface area contributed by atoms with E-state index < -0.39 is 12.0 Å². The van der Waals surface area contributed by atoms with Crippen LogP contribution in [-0.2, 0) is 9.53 Å². The number of aromatic nitrogens is 1. The molecule has 0 spiro atoms. The van der Waals surface area contributed by atoms with Gasteiger partial charge < -0.3 is 14.2 Å². The van der Waals surface area contributed by atoms with Crippen LogP contribution >= 0.6 is 11.3 Å². The van der Waals surface area contributed by atoms with Crippen LogP contribution in [0.3, 0.4) is 0 Å². The molecule has 154 valence electrons. The average Bonchev–Trinajstić information content (AvgIpc) is 3.02. The molecular weight excluding hydrogens is 392 g/mol. The third-order valence-electron chi connectivity index (χ3n) is 4.88. The zero-order valence-corrected chi connectivity index (χ0v) is 18.2. The first kappa shape index (κ1) is 20.9. The Morgan fingerprint density at radius 2 is 1.86 bits per heavy atom. The maximum atomic E-state index is 12.9. The minimum absolute atomic E-state index is 0.0161. The van der Waals surface area contributed by atoms with Gasteiger partial charge in [-0.2, -0.15) is 0 Å². The van der Waals surface area contributed by atoms with Gasteiger partial charge in [0.05, 0.1) is 20.8 Å². The fraction of sp³-hybridized carbons (Fsp3) is 0.381. The summed E-state index contributed by atoms with van der Waals surface area (Å²) < 4.78 is 18.1. The van der Waals surface area contributed by atoms with Gasteiger partial charge in [0, 0.05) is 12.5 Å². The maximum Gasteiger partial charge on any atom is 0.342 e. The van der Waals surface area contributed by atoms with Crippen LogP contribution in [-0.4, -0.2) is 32.6 Å². The van der Waals surface area contributed by atoms with E-state index in [1.165, 1.54) is 11.3 Å². The van der Waals surface area contributed by atoms with Gasteiger partial charge >= 0.3 is 11.1 Å². The lowest BCUT2D eigenvalue weighted by Gasteiger charge is -2.25. The van der Waals surface area contributed by atoms with Gasteiger partial charge in [-0.1, -0.05) is 6.07 Å². The second-order valence-corrected chi connectivity index (χ2v) is 7.65. The summed E-state index contributed by atoms with van der Waals surface area (Å²) in [5, 5.41) is 4.06. The molecule has 0 unspecified atom stereocenters. The van der Waals surface area contributed by atoms with E-state index in [-0.39, 0.29) is 12.4 Å². The van der Waals surface area contributed by atoms with Crippen LogP contribution in [0.1, 0.15) is 47.7 Å². The number of carbonyl (C=O) groups is 2. The number of Topliss-reactive ketones (excluding diaryl/α,β-unsaturated/α-hetero) is 1. The quantitative estimate of drug-likeness (QED) is 0.441. The van der Waals surface area contributed by atoms with Crippen molar-refractivity contribution in [3.63, 3.8) is 0 Å². The minimum Gasteiger partial charge on any atom is -0.493 e. The Morgan fingerprint density at radius 3 is 2.45 bits per heavy atom. The Labute approximate surface area is 173 Å². The van der Waals surface area contributed by atoms with Gasteiger partial charge in [0.1, 0.15) is 21.8 Å². The largest absolute Gasteiger partial charge is 0.493 e. The van der Waals surface area contributed by atoms with Crippen LogP contribution in [0.5, 0.6) is 11.5 Å². The monoisotopic (exact) mass is 417 g/mol. The van der Waals surface area contributed by atoms with E-state index >= 15 is 0 Å². The highest BCUT2D eigenvalue weighted by Crippen LogP contribution is 2.38. The van der Waals surface area contributed by atoms with E-state index in [4.69, 9.17) is 14.2 Å². The molecule has 1 aliphatic heterocycles. The molecule has 1 aromatic heterocycles. The average molecular weight is 418 g/mol. The normalized spacial score (nSPS) is 15.4. The van der Waals surface area contributed by atoms with E-state index in [2.05, 4.69) is 5.32 Å². The second-order valence-electron chi connectivity index (χ2n) is 6.65. The van der Waals surface area contributed by atoms with Crippen molar-refractivity contribution < 1.29 is 28.4 Å². The molecule has 2 heterocycles. The summed E-state index contributed by atoms with van der Waals surface area (Å²) in [6, 6.07) is 5.09. The number of carbonyl (C=O) groups excluding carboxylic acids is 2. The Balaban J connectivity index is 2.27. The van der Waals surface area contributed by atoms with Crippen molar-refractivity contribution in [3.05, 3.63) is 45.6 Å². The molecule has 29 heavy (non-hydrogen) atoms. The first-order valence-electron chi connectivity index (χ1n) is 9.26. The van der Waals surface area contributed by atoms with Crippen LogP contribution in [0.2, 0.25) is 0 Å². The van der Waals surface area contributed by atoms with E-state index in [1.807, 2.05) is 36.6 Å². The molecular formula is C21H25N2O5S+. The topological polar surface area (TPSA) is 77.7 Å². The van der Waals surface area contributed by atoms with Crippen molar-refractivity contribution in [2.75, 3.05) is 26.1 Å². The second kappa shape index (κ2) is 8.24. The van der Waals surface area contributed by atoms with Gasteiger partial charge in [0.2, 0.25) is 0 Å². The molecule has 8 heteroatoms. The molecule has 7 nitrogen and oxygen atoms in total. The van der Waals surface area contributed by atoms with Crippen molar-refractivity contribution in [2.45, 2.75) is 33.7 Å². The smallest absolute Gasteiger partial charge is 0.342 e. The Kier molecular flexibility index (Phi) is 5.93. The van der Waals surface area contributed by atoms with E-state index in [0.717, 1.165) is 16.4 Å². The number of rotatable bonds is 6. The number of nitrogens with one attached hydrogen (secondary N) is 1. The zero-order chi connectivity index (χ0) is 21.3. The first-order valence-corrected chi connectivity index (χ1v) is 10.1. The lowest BCUT2D eigenvalue weighted by Crippen LogP contribution is -2.49. The first-order chi connectivity index (χ1) is 13.8. The van der Waals surface area contributed by atoms with Crippen molar-refractivity contribution in [1.82, 2.24) is 0 Å². The predicted octanol–water partition coefficient (Wildman–Crippen LogP) is 3.42. The molecule has 0 radical (unpaired) electrons. The third-order valence-corrected chi connectivity index (χ3v) is 6.16. The summed E-state index contributed by atoms with van der Waals surface area (Å²) in [7, 11) is 3.14. The van der Waals surface area contributed by atoms with Gasteiger partial charge in [0.25, 0.3) is 0 Å². The van der Waals surface area contributed by atoms with Gasteiger partial charge in [-0.15, -0.1) is 0 Å². The molecule has 0 amide bonds. The number of thiazole rings is 1. The molecule has 1 aliphatic rings. The number of nitrogens with zero attached hydrogens (tertiary/aromatic N) is 1. The predicted molar refractivity (Wildman–Crippen MR) is 110 cm³/mol. The van der Waals surface area contributed by atoms with E-state index in [0.29, 0.717) is 27.6 Å². The molecule has 0 saturated carbocycles. The van der Waals surface area contributed by atoms with E-state index in [9.17, 15) is 9.59 Å². The number of allylic oxidation sites excluding steroid dienone is 1. The Bertz CT molecular complexity index is 1010. The number of ketones is 1. The number of fused-ring (bicyclic) bond motifs is 1. The molecule has 1 aromatic carbocycles. The van der Waals surface area contributed by atoms with Crippen LogP contribution in [0.15, 0.2) is 29.5 Å². The molecule has 0 bridgehead atoms. The Hall–Kier alpha value is -2.87. The molecule has 1 atom stereocenters. The van der Waals surface area contributed by atoms with Gasteiger partial charge in [0.15, 0.2) is 23.3 Å². The molecule has 0 aliphatic carbocycles.